The van der Waals surface area contributed by atoms with E-state index in [1.807, 2.05) is 112 Å². The maximum absolute atomic E-state index is 12.4. The average molecular weight is 531 g/mol. The molecule has 1 saturated heterocycles. The predicted molar refractivity (Wildman–Crippen MR) is 151 cm³/mol. The molecule has 2 aromatic rings. The fourth-order valence-electron chi connectivity index (χ4n) is 2.64. The molecular weight excluding hydrogens is 481 g/mol. The third kappa shape index (κ3) is 20.9. The van der Waals surface area contributed by atoms with Crippen LogP contribution in [0.5, 0.6) is 0 Å². The molecule has 6 nitrogen and oxygen atoms in total. The summed E-state index contributed by atoms with van der Waals surface area (Å²) in [5.41, 5.74) is 10.4. The first-order valence-corrected chi connectivity index (χ1v) is 12.7. The zero-order valence-electron chi connectivity index (χ0n) is 24.1. The van der Waals surface area contributed by atoms with E-state index in [-0.39, 0.29) is 18.7 Å². The molecule has 214 valence electrons. The molecule has 3 rings (SSSR count). The standard InChI is InChI=1S/C18H18N2O2.C2H3F3.3C2H6.2CH5N/c21-17(15-7-3-1-4-8-15)19-11-13-20(14-12-19)18(22)16-9-5-2-6-10-16;1-2(3,4)5;5*1-2/h1-10H,11-14H2;1H3;3*1-2H3;2*2H2,1H3. The molecule has 1 aliphatic heterocycles. The number of halogens is 3. The second-order valence-electron chi connectivity index (χ2n) is 6.10. The van der Waals surface area contributed by atoms with Crippen LogP contribution in [0.25, 0.3) is 0 Å². The van der Waals surface area contributed by atoms with Gasteiger partial charge >= 0.3 is 6.18 Å². The van der Waals surface area contributed by atoms with Crippen molar-refractivity contribution in [1.29, 1.82) is 0 Å². The van der Waals surface area contributed by atoms with E-state index in [1.54, 1.807) is 0 Å². The lowest BCUT2D eigenvalue weighted by atomic mass is 10.1. The number of nitrogens with two attached hydrogens (primary N) is 2. The lowest BCUT2D eigenvalue weighted by molar-refractivity contribution is -0.110. The van der Waals surface area contributed by atoms with Crippen LogP contribution in [0.3, 0.4) is 0 Å². The van der Waals surface area contributed by atoms with Crippen LogP contribution in [0.15, 0.2) is 60.7 Å². The molecule has 0 aliphatic carbocycles. The Kier molecular flexibility index (Phi) is 30.8. The molecule has 1 heterocycles. The van der Waals surface area contributed by atoms with E-state index in [1.165, 1.54) is 14.1 Å². The van der Waals surface area contributed by atoms with Gasteiger partial charge in [-0.3, -0.25) is 9.59 Å². The number of carbonyl (C=O) groups is 2. The lowest BCUT2D eigenvalue weighted by Crippen LogP contribution is -2.50. The Balaban J connectivity index is -0.000000308. The van der Waals surface area contributed by atoms with Crippen LogP contribution >= 0.6 is 0 Å². The van der Waals surface area contributed by atoms with Crippen LogP contribution in [0, 0.1) is 0 Å². The summed E-state index contributed by atoms with van der Waals surface area (Å²) >= 11 is 0. The molecule has 0 radical (unpaired) electrons. The zero-order chi connectivity index (χ0) is 29.9. The van der Waals surface area contributed by atoms with Crippen molar-refractivity contribution in [1.82, 2.24) is 9.80 Å². The van der Waals surface area contributed by atoms with Gasteiger partial charge in [-0.05, 0) is 38.4 Å². The highest BCUT2D eigenvalue weighted by Gasteiger charge is 2.25. The minimum absolute atomic E-state index is 0.0346. The Morgan fingerprint density at radius 2 is 0.784 bits per heavy atom. The van der Waals surface area contributed by atoms with Crippen LogP contribution in [-0.4, -0.2) is 68.1 Å². The second-order valence-corrected chi connectivity index (χ2v) is 6.10. The molecule has 1 aliphatic rings. The van der Waals surface area contributed by atoms with E-state index >= 15 is 0 Å². The smallest absolute Gasteiger partial charge is 0.335 e. The normalized spacial score (nSPS) is 11.2. The molecule has 0 aromatic heterocycles. The fourth-order valence-corrected chi connectivity index (χ4v) is 2.64. The molecule has 1 fully saturated rings. The summed E-state index contributed by atoms with van der Waals surface area (Å²) in [5.74, 6) is 0.0693. The van der Waals surface area contributed by atoms with Crippen LogP contribution < -0.4 is 11.5 Å². The van der Waals surface area contributed by atoms with E-state index in [9.17, 15) is 22.8 Å². The van der Waals surface area contributed by atoms with Gasteiger partial charge in [0.05, 0.1) is 0 Å². The monoisotopic (exact) mass is 530 g/mol. The Labute approximate surface area is 222 Å². The molecule has 37 heavy (non-hydrogen) atoms. The van der Waals surface area contributed by atoms with Gasteiger partial charge in [-0.1, -0.05) is 77.9 Å². The number of nitrogens with zero attached hydrogens (tertiary/aromatic N) is 2. The molecule has 0 unspecified atom stereocenters. The van der Waals surface area contributed by atoms with Crippen molar-refractivity contribution in [2.45, 2.75) is 54.6 Å². The van der Waals surface area contributed by atoms with Gasteiger partial charge < -0.3 is 21.3 Å². The number of amides is 2. The highest BCUT2D eigenvalue weighted by molar-refractivity contribution is 5.95. The molecule has 0 saturated carbocycles. The molecule has 2 aromatic carbocycles. The summed E-state index contributed by atoms with van der Waals surface area (Å²) in [6.07, 6.45) is -4.00. The van der Waals surface area contributed by atoms with E-state index in [2.05, 4.69) is 11.5 Å². The third-order valence-corrected chi connectivity index (χ3v) is 3.90. The maximum atomic E-state index is 12.4. The summed E-state index contributed by atoms with van der Waals surface area (Å²) in [5, 5.41) is 0. The fraction of sp³-hybridized carbons (Fsp3) is 0.500. The Morgan fingerprint density at radius 1 is 0.595 bits per heavy atom. The Morgan fingerprint density at radius 3 is 0.973 bits per heavy atom. The molecular formula is C28H49F3N4O2. The van der Waals surface area contributed by atoms with Gasteiger partial charge in [0.1, 0.15) is 0 Å². The average Bonchev–Trinajstić information content (AvgIpc) is 2.98. The first kappa shape index (κ1) is 41.2. The van der Waals surface area contributed by atoms with Gasteiger partial charge in [-0.15, -0.1) is 0 Å². The molecule has 2 amide bonds. The first-order chi connectivity index (χ1) is 17.8. The van der Waals surface area contributed by atoms with Crippen molar-refractivity contribution < 1.29 is 22.8 Å². The van der Waals surface area contributed by atoms with Gasteiger partial charge in [0, 0.05) is 44.2 Å². The number of hydrogen-bond acceptors (Lipinski definition) is 4. The van der Waals surface area contributed by atoms with Crippen LogP contribution in [0.4, 0.5) is 13.2 Å². The molecule has 0 bridgehead atoms. The van der Waals surface area contributed by atoms with Crippen molar-refractivity contribution in [3.05, 3.63) is 71.8 Å². The Bertz CT molecular complexity index is 686. The summed E-state index contributed by atoms with van der Waals surface area (Å²) in [6, 6.07) is 18.5. The number of alkyl halides is 3. The van der Waals surface area contributed by atoms with Crippen molar-refractivity contribution >= 4 is 11.8 Å². The zero-order valence-corrected chi connectivity index (χ0v) is 24.1. The quantitative estimate of drug-likeness (QED) is 0.492. The Hall–Kier alpha value is -2.91. The SMILES string of the molecule is CC.CC.CC.CC(F)(F)F.CN.CN.O=C(c1ccccc1)N1CCN(C(=O)c2ccccc2)CC1. The molecule has 4 N–H and O–H groups in total. The first-order valence-electron chi connectivity index (χ1n) is 12.7. The topological polar surface area (TPSA) is 92.7 Å². The van der Waals surface area contributed by atoms with Crippen molar-refractivity contribution in [3.63, 3.8) is 0 Å². The van der Waals surface area contributed by atoms with Crippen molar-refractivity contribution in [2.75, 3.05) is 40.3 Å². The number of hydrogen-bond donors (Lipinski definition) is 2. The second kappa shape index (κ2) is 27.7. The van der Waals surface area contributed by atoms with Crippen molar-refractivity contribution in [2.24, 2.45) is 11.5 Å². The summed E-state index contributed by atoms with van der Waals surface area (Å²) in [4.78, 5) is 28.4. The summed E-state index contributed by atoms with van der Waals surface area (Å²) < 4.78 is 31.1. The number of piperazine rings is 1. The molecule has 0 atom stereocenters. The van der Waals surface area contributed by atoms with Crippen LogP contribution in [0.2, 0.25) is 0 Å². The highest BCUT2D eigenvalue weighted by Crippen LogP contribution is 2.12. The van der Waals surface area contributed by atoms with Crippen molar-refractivity contribution in [3.8, 4) is 0 Å². The summed E-state index contributed by atoms with van der Waals surface area (Å²) in [7, 11) is 3.00. The summed E-state index contributed by atoms with van der Waals surface area (Å²) in [6.45, 7) is 14.5. The van der Waals surface area contributed by atoms with Gasteiger partial charge in [-0.2, -0.15) is 13.2 Å². The van der Waals surface area contributed by atoms with E-state index < -0.39 is 6.18 Å². The number of rotatable bonds is 2. The van der Waals surface area contributed by atoms with Gasteiger partial charge in [0.2, 0.25) is 0 Å². The van der Waals surface area contributed by atoms with Crippen LogP contribution in [-0.2, 0) is 0 Å². The highest BCUT2D eigenvalue weighted by atomic mass is 19.4. The molecule has 9 heteroatoms. The van der Waals surface area contributed by atoms with Gasteiger partial charge in [-0.25, -0.2) is 0 Å². The number of carbonyl (C=O) groups excluding carboxylic acids is 2. The predicted octanol–water partition coefficient (Wildman–Crippen LogP) is 6.08. The van der Waals surface area contributed by atoms with Gasteiger partial charge in [0.25, 0.3) is 11.8 Å². The maximum Gasteiger partial charge on any atom is 0.386 e. The van der Waals surface area contributed by atoms with E-state index in [0.717, 1.165) is 0 Å². The van der Waals surface area contributed by atoms with E-state index in [0.29, 0.717) is 37.3 Å². The molecule has 0 spiro atoms. The third-order valence-electron chi connectivity index (χ3n) is 3.90. The van der Waals surface area contributed by atoms with E-state index in [4.69, 9.17) is 0 Å². The minimum Gasteiger partial charge on any atom is -0.335 e. The van der Waals surface area contributed by atoms with Gasteiger partial charge in [0.15, 0.2) is 0 Å². The number of benzene rings is 2. The van der Waals surface area contributed by atoms with Crippen LogP contribution in [0.1, 0.15) is 69.2 Å². The largest absolute Gasteiger partial charge is 0.386 e. The lowest BCUT2D eigenvalue weighted by Gasteiger charge is -2.34. The minimum atomic E-state index is -4.00.